The Hall–Kier alpha value is -4.82. The number of H-pyrrole nitrogens is 2. The van der Waals surface area contributed by atoms with E-state index in [1.807, 2.05) is 25.1 Å². The quantitative estimate of drug-likeness (QED) is 0.164. The topological polar surface area (TPSA) is 138 Å². The molecule has 1 atom stereocenters. The highest BCUT2D eigenvalue weighted by Crippen LogP contribution is 2.45. The third kappa shape index (κ3) is 5.48. The van der Waals surface area contributed by atoms with Crippen LogP contribution in [0.3, 0.4) is 0 Å². The smallest absolute Gasteiger partial charge is 0.303 e. The molecule has 5 aromatic rings. The van der Waals surface area contributed by atoms with Gasteiger partial charge in [0.15, 0.2) is 11.6 Å². The van der Waals surface area contributed by atoms with E-state index < -0.39 is 44.6 Å². The minimum Gasteiger partial charge on any atom is -0.493 e. The molecule has 4 heterocycles. The number of benzene rings is 3. The van der Waals surface area contributed by atoms with Crippen molar-refractivity contribution < 1.29 is 41.0 Å². The molecular weight excluding hydrogens is 649 g/mol. The fraction of sp³-hybridized carbons (Fsp3) is 0.294. The Morgan fingerprint density at radius 2 is 1.98 bits per heavy atom. The van der Waals surface area contributed by atoms with E-state index in [9.17, 15) is 18.3 Å². The van der Waals surface area contributed by atoms with Crippen molar-refractivity contribution >= 4 is 26.9 Å². The molecule has 2 aliphatic heterocycles. The molecule has 0 aliphatic carbocycles. The SMILES string of the molecule is CC1(c2c[nH]c(-c3cc(Oc4c(F)c(F)c5[nH]ccc5c4CN4CCCS4(=O)=O)ccc3F)n2)CCOc2c(CCC(=O)O)cccc21. The number of hydrogen-bond donors (Lipinski definition) is 3. The van der Waals surface area contributed by atoms with Gasteiger partial charge in [0.05, 0.1) is 29.1 Å². The van der Waals surface area contributed by atoms with Crippen LogP contribution in [0.5, 0.6) is 17.2 Å². The van der Waals surface area contributed by atoms with Gasteiger partial charge in [0.2, 0.25) is 15.8 Å². The van der Waals surface area contributed by atoms with Gasteiger partial charge in [0.1, 0.15) is 23.1 Å². The summed E-state index contributed by atoms with van der Waals surface area (Å²) in [5, 5.41) is 9.45. The zero-order valence-electron chi connectivity index (χ0n) is 25.8. The molecule has 3 N–H and O–H groups in total. The highest BCUT2D eigenvalue weighted by molar-refractivity contribution is 7.89. The zero-order chi connectivity index (χ0) is 33.8. The Bertz CT molecular complexity index is 2180. The van der Waals surface area contributed by atoms with Gasteiger partial charge in [-0.25, -0.2) is 22.2 Å². The lowest BCUT2D eigenvalue weighted by Crippen LogP contribution is -2.32. The number of aliphatic carboxylic acids is 1. The van der Waals surface area contributed by atoms with Crippen LogP contribution < -0.4 is 9.47 Å². The molecule has 250 valence electrons. The van der Waals surface area contributed by atoms with Crippen molar-refractivity contribution in [3.63, 3.8) is 0 Å². The first-order valence-electron chi connectivity index (χ1n) is 15.4. The summed E-state index contributed by atoms with van der Waals surface area (Å²) in [5.74, 6) is -3.83. The van der Waals surface area contributed by atoms with Gasteiger partial charge < -0.3 is 24.5 Å². The molecule has 1 fully saturated rings. The number of aromatic amines is 2. The summed E-state index contributed by atoms with van der Waals surface area (Å²) in [6.45, 7) is 2.35. The molecule has 10 nitrogen and oxygen atoms in total. The van der Waals surface area contributed by atoms with Gasteiger partial charge in [-0.15, -0.1) is 0 Å². The number of aromatic nitrogens is 3. The molecule has 0 bridgehead atoms. The normalized spacial score (nSPS) is 18.9. The molecule has 48 heavy (non-hydrogen) atoms. The van der Waals surface area contributed by atoms with Crippen LogP contribution >= 0.6 is 0 Å². The predicted molar refractivity (Wildman–Crippen MR) is 170 cm³/mol. The van der Waals surface area contributed by atoms with Crippen molar-refractivity contribution in [2.75, 3.05) is 18.9 Å². The maximum atomic E-state index is 15.6. The number of halogens is 3. The molecule has 0 spiro atoms. The van der Waals surface area contributed by atoms with E-state index in [1.165, 1.54) is 28.7 Å². The van der Waals surface area contributed by atoms with Crippen LogP contribution in [0.4, 0.5) is 13.2 Å². The van der Waals surface area contributed by atoms with Gasteiger partial charge in [-0.3, -0.25) is 4.79 Å². The Kier molecular flexibility index (Phi) is 7.95. The molecule has 7 rings (SSSR count). The molecule has 1 saturated heterocycles. The van der Waals surface area contributed by atoms with Crippen LogP contribution in [0, 0.1) is 17.5 Å². The van der Waals surface area contributed by atoms with Gasteiger partial charge in [0, 0.05) is 53.8 Å². The highest BCUT2D eigenvalue weighted by Gasteiger charge is 2.38. The minimum absolute atomic E-state index is 0.0112. The number of nitrogens with zero attached hydrogens (tertiary/aromatic N) is 2. The summed E-state index contributed by atoms with van der Waals surface area (Å²) in [7, 11) is -3.58. The number of para-hydroxylation sites is 1. The summed E-state index contributed by atoms with van der Waals surface area (Å²) in [6.07, 6.45) is 4.32. The number of sulfonamides is 1. The second-order valence-corrected chi connectivity index (χ2v) is 14.3. The molecule has 0 saturated carbocycles. The van der Waals surface area contributed by atoms with Crippen LogP contribution in [0.15, 0.2) is 54.9 Å². The number of rotatable bonds is 9. The second kappa shape index (κ2) is 12.0. The summed E-state index contributed by atoms with van der Waals surface area (Å²) >= 11 is 0. The van der Waals surface area contributed by atoms with E-state index >= 15 is 13.2 Å². The van der Waals surface area contributed by atoms with Crippen molar-refractivity contribution in [1.29, 1.82) is 0 Å². The van der Waals surface area contributed by atoms with E-state index in [2.05, 4.69) is 9.97 Å². The third-order valence-corrected chi connectivity index (χ3v) is 11.1. The first kappa shape index (κ1) is 31.8. The fourth-order valence-electron chi connectivity index (χ4n) is 6.57. The largest absolute Gasteiger partial charge is 0.493 e. The second-order valence-electron chi connectivity index (χ2n) is 12.2. The summed E-state index contributed by atoms with van der Waals surface area (Å²) in [6, 6.07) is 10.8. The molecule has 0 radical (unpaired) electrons. The predicted octanol–water partition coefficient (Wildman–Crippen LogP) is 6.41. The van der Waals surface area contributed by atoms with Crippen molar-refractivity contribution in [3.05, 3.63) is 94.7 Å². The van der Waals surface area contributed by atoms with Gasteiger partial charge in [-0.05, 0) is 56.0 Å². The standard InChI is InChI=1S/C34H31F3N4O6S/c1-34(11-14-46-31-19(6-9-27(42)43)4-2-5-24(31)34)26-17-39-33(40-26)22-16-20(7-8-25(22)35)47-32-23(18-41-13-3-15-48(41,44)45)21-10-12-38-30(21)28(36)29(32)37/h2,4-5,7-8,10,12,16-17,38H,3,6,9,11,13-15,18H2,1H3,(H,39,40)(H,42,43). The molecule has 3 aromatic carbocycles. The first-order valence-corrected chi connectivity index (χ1v) is 17.0. The number of carbonyl (C=O) groups is 1. The average molecular weight is 681 g/mol. The van der Waals surface area contributed by atoms with Gasteiger partial charge in [-0.2, -0.15) is 8.70 Å². The van der Waals surface area contributed by atoms with E-state index in [-0.39, 0.29) is 58.9 Å². The number of imidazole rings is 1. The molecular formula is C34H31F3N4O6S. The van der Waals surface area contributed by atoms with Crippen molar-refractivity contribution in [2.24, 2.45) is 0 Å². The number of fused-ring (bicyclic) bond motifs is 2. The van der Waals surface area contributed by atoms with Crippen LogP contribution in [0.25, 0.3) is 22.3 Å². The van der Waals surface area contributed by atoms with Crippen molar-refractivity contribution in [2.45, 2.75) is 44.6 Å². The van der Waals surface area contributed by atoms with Crippen molar-refractivity contribution in [3.8, 4) is 28.6 Å². The number of aryl methyl sites for hydroxylation is 1. The maximum absolute atomic E-state index is 15.6. The summed E-state index contributed by atoms with van der Waals surface area (Å²) in [5.41, 5.74) is 1.58. The van der Waals surface area contributed by atoms with E-state index in [1.54, 1.807) is 6.20 Å². The van der Waals surface area contributed by atoms with Crippen molar-refractivity contribution in [1.82, 2.24) is 19.3 Å². The lowest BCUT2D eigenvalue weighted by Gasteiger charge is -2.35. The number of ether oxygens (including phenoxy) is 2. The molecule has 0 amide bonds. The van der Waals surface area contributed by atoms with Gasteiger partial charge in [-0.1, -0.05) is 18.2 Å². The third-order valence-electron chi connectivity index (χ3n) is 9.20. The Morgan fingerprint density at radius 1 is 1.15 bits per heavy atom. The van der Waals surface area contributed by atoms with E-state index in [4.69, 9.17) is 14.5 Å². The average Bonchev–Trinajstić information content (AvgIpc) is 3.82. The fourth-order valence-corrected chi connectivity index (χ4v) is 8.06. The molecule has 14 heteroatoms. The monoisotopic (exact) mass is 680 g/mol. The number of carboxylic acid groups (broad SMARTS) is 1. The number of carboxylic acids is 1. The van der Waals surface area contributed by atoms with E-state index in [0.717, 1.165) is 17.2 Å². The summed E-state index contributed by atoms with van der Waals surface area (Å²) in [4.78, 5) is 21.7. The lowest BCUT2D eigenvalue weighted by molar-refractivity contribution is -0.136. The van der Waals surface area contributed by atoms with Gasteiger partial charge >= 0.3 is 5.97 Å². The van der Waals surface area contributed by atoms with Crippen LogP contribution in [0.1, 0.15) is 48.6 Å². The molecule has 2 aliphatic rings. The maximum Gasteiger partial charge on any atom is 0.303 e. The van der Waals surface area contributed by atoms with Crippen LogP contribution in [-0.4, -0.2) is 57.7 Å². The number of nitrogens with one attached hydrogen (secondary N) is 2. The van der Waals surface area contributed by atoms with Gasteiger partial charge in [0.25, 0.3) is 0 Å². The Labute approximate surface area is 273 Å². The summed E-state index contributed by atoms with van der Waals surface area (Å²) < 4.78 is 84.4. The highest BCUT2D eigenvalue weighted by atomic mass is 32.2. The molecule has 2 aromatic heterocycles. The van der Waals surface area contributed by atoms with E-state index in [0.29, 0.717) is 37.3 Å². The zero-order valence-corrected chi connectivity index (χ0v) is 26.6. The van der Waals surface area contributed by atoms with Crippen LogP contribution in [-0.2, 0) is 33.2 Å². The minimum atomic E-state index is -3.58. The Morgan fingerprint density at radius 3 is 2.75 bits per heavy atom. The number of hydrogen-bond acceptors (Lipinski definition) is 6. The van der Waals surface area contributed by atoms with Crippen LogP contribution in [0.2, 0.25) is 0 Å². The first-order chi connectivity index (χ1) is 23.0. The lowest BCUT2D eigenvalue weighted by atomic mass is 9.74. The molecule has 1 unspecified atom stereocenters. The Balaban J connectivity index is 1.24.